The van der Waals surface area contributed by atoms with Crippen LogP contribution in [0.4, 0.5) is 15.8 Å². The average molecular weight is 316 g/mol. The highest BCUT2D eigenvalue weighted by molar-refractivity contribution is 9.10. The quantitative estimate of drug-likeness (QED) is 0.804. The number of nitrogen functional groups attached to an aromatic ring is 1. The second-order valence-electron chi connectivity index (χ2n) is 4.32. The number of hydrogen-bond donors (Lipinski definition) is 1. The van der Waals surface area contributed by atoms with Gasteiger partial charge in [-0.05, 0) is 22.0 Å². The molecule has 1 saturated heterocycles. The molecule has 0 aliphatic carbocycles. The van der Waals surface area contributed by atoms with Crippen LogP contribution in [0.2, 0.25) is 0 Å². The van der Waals surface area contributed by atoms with Crippen molar-refractivity contribution in [3.63, 3.8) is 0 Å². The number of halogens is 2. The van der Waals surface area contributed by atoms with Crippen molar-refractivity contribution >= 4 is 33.2 Å². The molecule has 1 amide bonds. The molecule has 0 unspecified atom stereocenters. The van der Waals surface area contributed by atoms with Crippen LogP contribution in [-0.2, 0) is 4.79 Å². The molecule has 0 radical (unpaired) electrons. The molecule has 0 saturated carbocycles. The first-order valence-electron chi connectivity index (χ1n) is 5.74. The minimum absolute atomic E-state index is 0.0860. The highest BCUT2D eigenvalue weighted by Crippen LogP contribution is 2.30. The summed E-state index contributed by atoms with van der Waals surface area (Å²) in [6, 6.07) is 3.00. The lowest BCUT2D eigenvalue weighted by atomic mass is 10.2. The van der Waals surface area contributed by atoms with Crippen LogP contribution in [0, 0.1) is 5.82 Å². The molecule has 1 aliphatic rings. The van der Waals surface area contributed by atoms with Crippen LogP contribution >= 0.6 is 15.9 Å². The Morgan fingerprint density at radius 3 is 2.50 bits per heavy atom. The Balaban J connectivity index is 2.15. The second-order valence-corrected chi connectivity index (χ2v) is 5.17. The minimum atomic E-state index is -0.362. The Morgan fingerprint density at radius 2 is 1.94 bits per heavy atom. The van der Waals surface area contributed by atoms with Gasteiger partial charge in [0.15, 0.2) is 0 Å². The van der Waals surface area contributed by atoms with E-state index in [1.54, 1.807) is 17.9 Å². The molecule has 1 aromatic rings. The van der Waals surface area contributed by atoms with Gasteiger partial charge in [-0.3, -0.25) is 4.79 Å². The monoisotopic (exact) mass is 315 g/mol. The molecule has 1 heterocycles. The summed E-state index contributed by atoms with van der Waals surface area (Å²) in [4.78, 5) is 15.1. The lowest BCUT2D eigenvalue weighted by molar-refractivity contribution is -0.129. The van der Waals surface area contributed by atoms with E-state index in [0.717, 1.165) is 5.69 Å². The molecule has 1 fully saturated rings. The molecule has 6 heteroatoms. The summed E-state index contributed by atoms with van der Waals surface area (Å²) in [5.74, 6) is -0.276. The number of anilines is 2. The minimum Gasteiger partial charge on any atom is -0.397 e. The molecule has 4 nitrogen and oxygen atoms in total. The van der Waals surface area contributed by atoms with Gasteiger partial charge < -0.3 is 15.5 Å². The molecule has 2 rings (SSSR count). The van der Waals surface area contributed by atoms with Gasteiger partial charge in [-0.15, -0.1) is 0 Å². The molecular weight excluding hydrogens is 301 g/mol. The third-order valence-corrected chi connectivity index (χ3v) is 3.74. The van der Waals surface area contributed by atoms with E-state index in [9.17, 15) is 9.18 Å². The predicted molar refractivity (Wildman–Crippen MR) is 73.0 cm³/mol. The molecule has 18 heavy (non-hydrogen) atoms. The molecule has 0 bridgehead atoms. The van der Waals surface area contributed by atoms with Crippen molar-refractivity contribution in [1.29, 1.82) is 0 Å². The number of amides is 1. The van der Waals surface area contributed by atoms with Crippen molar-refractivity contribution in [1.82, 2.24) is 4.90 Å². The number of carbonyl (C=O) groups is 1. The van der Waals surface area contributed by atoms with Gasteiger partial charge in [0.2, 0.25) is 5.91 Å². The number of nitrogens with zero attached hydrogens (tertiary/aromatic N) is 2. The zero-order valence-corrected chi connectivity index (χ0v) is 11.7. The number of benzene rings is 1. The van der Waals surface area contributed by atoms with E-state index in [1.165, 1.54) is 6.07 Å². The molecule has 0 atom stereocenters. The van der Waals surface area contributed by atoms with Gasteiger partial charge in [0.25, 0.3) is 0 Å². The van der Waals surface area contributed by atoms with Crippen LogP contribution in [0.15, 0.2) is 16.6 Å². The largest absolute Gasteiger partial charge is 0.397 e. The fourth-order valence-corrected chi connectivity index (χ4v) is 2.42. The van der Waals surface area contributed by atoms with E-state index < -0.39 is 0 Å². The highest BCUT2D eigenvalue weighted by atomic mass is 79.9. The first kappa shape index (κ1) is 13.1. The van der Waals surface area contributed by atoms with Gasteiger partial charge in [0, 0.05) is 39.2 Å². The zero-order valence-electron chi connectivity index (χ0n) is 10.1. The lowest BCUT2D eigenvalue weighted by Gasteiger charge is -2.36. The summed E-state index contributed by atoms with van der Waals surface area (Å²) in [5.41, 5.74) is 7.07. The van der Waals surface area contributed by atoms with Crippen molar-refractivity contribution in [2.75, 3.05) is 36.8 Å². The van der Waals surface area contributed by atoms with Crippen molar-refractivity contribution in [3.8, 4) is 0 Å². The summed E-state index contributed by atoms with van der Waals surface area (Å²) in [6.07, 6.45) is 0. The summed E-state index contributed by atoms with van der Waals surface area (Å²) in [6.45, 7) is 4.33. The highest BCUT2D eigenvalue weighted by Gasteiger charge is 2.20. The molecule has 1 aromatic carbocycles. The maximum absolute atomic E-state index is 13.3. The Morgan fingerprint density at radius 1 is 1.33 bits per heavy atom. The topological polar surface area (TPSA) is 49.6 Å². The Kier molecular flexibility index (Phi) is 3.75. The van der Waals surface area contributed by atoms with Gasteiger partial charge in [-0.1, -0.05) is 0 Å². The number of rotatable bonds is 1. The average Bonchev–Trinajstić information content (AvgIpc) is 2.34. The molecule has 1 aliphatic heterocycles. The van der Waals surface area contributed by atoms with Crippen LogP contribution in [0.3, 0.4) is 0 Å². The van der Waals surface area contributed by atoms with Crippen LogP contribution in [0.5, 0.6) is 0 Å². The normalized spacial score (nSPS) is 15.9. The fourth-order valence-electron chi connectivity index (χ4n) is 2.09. The fraction of sp³-hybridized carbons (Fsp3) is 0.417. The van der Waals surface area contributed by atoms with Crippen molar-refractivity contribution in [2.45, 2.75) is 6.92 Å². The van der Waals surface area contributed by atoms with E-state index in [-0.39, 0.29) is 11.7 Å². The molecular formula is C12H15BrFN3O. The van der Waals surface area contributed by atoms with Crippen LogP contribution in [0.1, 0.15) is 6.92 Å². The van der Waals surface area contributed by atoms with Gasteiger partial charge in [0.05, 0.1) is 15.8 Å². The maximum Gasteiger partial charge on any atom is 0.219 e. The van der Waals surface area contributed by atoms with E-state index in [0.29, 0.717) is 36.3 Å². The van der Waals surface area contributed by atoms with Crippen LogP contribution < -0.4 is 10.6 Å². The van der Waals surface area contributed by atoms with E-state index in [1.807, 2.05) is 0 Å². The standard InChI is InChI=1S/C12H15BrFN3O/c1-8(18)16-2-4-17(5-3-16)12-6-9(13)10(14)7-11(12)15/h6-7H,2-5,15H2,1H3. The molecule has 98 valence electrons. The van der Waals surface area contributed by atoms with Crippen LogP contribution in [-0.4, -0.2) is 37.0 Å². The van der Waals surface area contributed by atoms with Crippen LogP contribution in [0.25, 0.3) is 0 Å². The summed E-state index contributed by atoms with van der Waals surface area (Å²) < 4.78 is 13.7. The third-order valence-electron chi connectivity index (χ3n) is 3.14. The Labute approximate surface area is 114 Å². The summed E-state index contributed by atoms with van der Waals surface area (Å²) in [5, 5.41) is 0. The zero-order chi connectivity index (χ0) is 13.3. The predicted octanol–water partition coefficient (Wildman–Crippen LogP) is 1.84. The Hall–Kier alpha value is -1.30. The third kappa shape index (κ3) is 2.58. The van der Waals surface area contributed by atoms with Gasteiger partial charge >= 0.3 is 0 Å². The number of hydrogen-bond acceptors (Lipinski definition) is 3. The second kappa shape index (κ2) is 5.14. The van der Waals surface area contributed by atoms with Gasteiger partial charge in [-0.25, -0.2) is 4.39 Å². The lowest BCUT2D eigenvalue weighted by Crippen LogP contribution is -2.48. The molecule has 0 spiro atoms. The summed E-state index contributed by atoms with van der Waals surface area (Å²) >= 11 is 3.16. The summed E-state index contributed by atoms with van der Waals surface area (Å²) in [7, 11) is 0. The van der Waals surface area contributed by atoms with Gasteiger partial charge in [0.1, 0.15) is 5.82 Å². The smallest absolute Gasteiger partial charge is 0.219 e. The molecule has 0 aromatic heterocycles. The Bertz CT molecular complexity index is 473. The van der Waals surface area contributed by atoms with Gasteiger partial charge in [-0.2, -0.15) is 0 Å². The van der Waals surface area contributed by atoms with Crippen molar-refractivity contribution < 1.29 is 9.18 Å². The van der Waals surface area contributed by atoms with E-state index in [4.69, 9.17) is 5.73 Å². The van der Waals surface area contributed by atoms with E-state index in [2.05, 4.69) is 20.8 Å². The molecule has 2 N–H and O–H groups in total. The maximum atomic E-state index is 13.3. The number of nitrogens with two attached hydrogens (primary N) is 1. The first-order valence-corrected chi connectivity index (χ1v) is 6.53. The number of carbonyl (C=O) groups excluding carboxylic acids is 1. The first-order chi connectivity index (χ1) is 8.49. The van der Waals surface area contributed by atoms with Crippen molar-refractivity contribution in [3.05, 3.63) is 22.4 Å². The number of piperazine rings is 1. The van der Waals surface area contributed by atoms with E-state index >= 15 is 0 Å². The van der Waals surface area contributed by atoms with Crippen molar-refractivity contribution in [2.24, 2.45) is 0 Å². The SMILES string of the molecule is CC(=O)N1CCN(c2cc(Br)c(F)cc2N)CC1.